The number of hydrogen-bond donors (Lipinski definition) is 1. The number of halogens is 2. The lowest BCUT2D eigenvalue weighted by atomic mass is 10.0. The smallest absolute Gasteiger partial charge is 0.141 e. The van der Waals surface area contributed by atoms with Gasteiger partial charge in [0, 0.05) is 43.4 Å². The summed E-state index contributed by atoms with van der Waals surface area (Å²) < 4.78 is 13.3. The Labute approximate surface area is 128 Å². The van der Waals surface area contributed by atoms with E-state index in [1.54, 1.807) is 12.3 Å². The summed E-state index contributed by atoms with van der Waals surface area (Å²) in [6, 6.07) is 9.62. The van der Waals surface area contributed by atoms with E-state index in [1.807, 2.05) is 18.2 Å². The number of nitrogens with zero attached hydrogens (tertiary/aromatic N) is 2. The van der Waals surface area contributed by atoms with Gasteiger partial charge in [-0.1, -0.05) is 29.8 Å². The molecule has 1 aromatic carbocycles. The summed E-state index contributed by atoms with van der Waals surface area (Å²) in [5.41, 5.74) is 1.99. The Morgan fingerprint density at radius 3 is 3.00 bits per heavy atom. The number of aromatic nitrogens is 1. The van der Waals surface area contributed by atoms with Crippen LogP contribution in [0.3, 0.4) is 0 Å². The Balaban J connectivity index is 1.83. The summed E-state index contributed by atoms with van der Waals surface area (Å²) in [5.74, 6) is -0.295. The molecular formula is C16H17ClFN3. The standard InChI is InChI=1S/C16H17ClFN3/c17-15-4-2-1-3-14(15)16-10-19-5-6-21(16)11-12-7-13(18)9-20-8-12/h1-4,7-9,16,19H,5-6,10-11H2. The molecule has 1 fully saturated rings. The number of hydrogen-bond acceptors (Lipinski definition) is 3. The largest absolute Gasteiger partial charge is 0.314 e. The second kappa shape index (κ2) is 6.52. The van der Waals surface area contributed by atoms with Crippen LogP contribution in [0.1, 0.15) is 17.2 Å². The summed E-state index contributed by atoms with van der Waals surface area (Å²) in [6.45, 7) is 3.32. The molecule has 2 aromatic rings. The average Bonchev–Trinajstić information content (AvgIpc) is 2.49. The van der Waals surface area contributed by atoms with Crippen LogP contribution in [-0.4, -0.2) is 29.5 Å². The summed E-state index contributed by atoms with van der Waals surface area (Å²) >= 11 is 6.32. The predicted molar refractivity (Wildman–Crippen MR) is 81.7 cm³/mol. The van der Waals surface area contributed by atoms with Gasteiger partial charge in [-0.3, -0.25) is 9.88 Å². The molecule has 1 aliphatic heterocycles. The van der Waals surface area contributed by atoms with Crippen LogP contribution in [0.5, 0.6) is 0 Å². The molecule has 0 saturated carbocycles. The Morgan fingerprint density at radius 1 is 1.33 bits per heavy atom. The summed E-state index contributed by atoms with van der Waals surface area (Å²) in [7, 11) is 0. The zero-order valence-corrected chi connectivity index (χ0v) is 12.4. The first-order valence-electron chi connectivity index (χ1n) is 7.02. The summed E-state index contributed by atoms with van der Waals surface area (Å²) in [4.78, 5) is 6.24. The fourth-order valence-electron chi connectivity index (χ4n) is 2.76. The predicted octanol–water partition coefficient (Wildman–Crippen LogP) is 3.02. The molecule has 5 heteroatoms. The van der Waals surface area contributed by atoms with E-state index in [0.717, 1.165) is 35.8 Å². The molecule has 1 N–H and O–H groups in total. The molecule has 1 aromatic heterocycles. The summed E-state index contributed by atoms with van der Waals surface area (Å²) in [5, 5.41) is 4.17. The van der Waals surface area contributed by atoms with Gasteiger partial charge in [-0.15, -0.1) is 0 Å². The quantitative estimate of drug-likeness (QED) is 0.945. The van der Waals surface area contributed by atoms with Crippen molar-refractivity contribution in [1.29, 1.82) is 0 Å². The maximum atomic E-state index is 13.3. The Hall–Kier alpha value is -1.49. The number of nitrogens with one attached hydrogen (secondary N) is 1. The van der Waals surface area contributed by atoms with Crippen molar-refractivity contribution in [2.45, 2.75) is 12.6 Å². The minimum absolute atomic E-state index is 0.190. The van der Waals surface area contributed by atoms with E-state index in [4.69, 9.17) is 11.6 Å². The van der Waals surface area contributed by atoms with Crippen LogP contribution in [0.25, 0.3) is 0 Å². The molecule has 3 nitrogen and oxygen atoms in total. The molecular weight excluding hydrogens is 289 g/mol. The lowest BCUT2D eigenvalue weighted by Gasteiger charge is -2.36. The van der Waals surface area contributed by atoms with E-state index in [9.17, 15) is 4.39 Å². The molecule has 0 amide bonds. The first-order valence-corrected chi connectivity index (χ1v) is 7.40. The van der Waals surface area contributed by atoms with Gasteiger partial charge in [0.2, 0.25) is 0 Å². The van der Waals surface area contributed by atoms with Crippen molar-refractivity contribution in [1.82, 2.24) is 15.2 Å². The topological polar surface area (TPSA) is 28.2 Å². The molecule has 0 aliphatic carbocycles. The third-order valence-corrected chi connectivity index (χ3v) is 4.11. The van der Waals surface area contributed by atoms with Crippen LogP contribution in [-0.2, 0) is 6.54 Å². The van der Waals surface area contributed by atoms with E-state index >= 15 is 0 Å². The Kier molecular flexibility index (Phi) is 4.48. The molecule has 0 bridgehead atoms. The van der Waals surface area contributed by atoms with Crippen LogP contribution in [0.15, 0.2) is 42.7 Å². The highest BCUT2D eigenvalue weighted by Crippen LogP contribution is 2.29. The number of piperazine rings is 1. The van der Waals surface area contributed by atoms with E-state index in [2.05, 4.69) is 21.3 Å². The maximum absolute atomic E-state index is 13.3. The molecule has 1 atom stereocenters. The molecule has 0 radical (unpaired) electrons. The van der Waals surface area contributed by atoms with Gasteiger partial charge >= 0.3 is 0 Å². The molecule has 1 aliphatic rings. The fraction of sp³-hybridized carbons (Fsp3) is 0.312. The van der Waals surface area contributed by atoms with Gasteiger partial charge in [-0.05, 0) is 23.3 Å². The van der Waals surface area contributed by atoms with Gasteiger partial charge in [0.05, 0.1) is 6.20 Å². The van der Waals surface area contributed by atoms with E-state index in [0.29, 0.717) is 6.54 Å². The third kappa shape index (κ3) is 3.40. The molecule has 3 rings (SSSR count). The lowest BCUT2D eigenvalue weighted by Crippen LogP contribution is -2.45. The second-order valence-corrected chi connectivity index (χ2v) is 5.63. The maximum Gasteiger partial charge on any atom is 0.141 e. The molecule has 1 unspecified atom stereocenters. The Bertz CT molecular complexity index is 620. The zero-order valence-electron chi connectivity index (χ0n) is 11.6. The van der Waals surface area contributed by atoms with Crippen molar-refractivity contribution in [3.05, 3.63) is 64.7 Å². The van der Waals surface area contributed by atoms with Crippen LogP contribution < -0.4 is 5.32 Å². The van der Waals surface area contributed by atoms with Gasteiger partial charge < -0.3 is 5.32 Å². The van der Waals surface area contributed by atoms with Crippen molar-refractivity contribution in [3.63, 3.8) is 0 Å². The van der Waals surface area contributed by atoms with Crippen LogP contribution in [0, 0.1) is 5.82 Å². The highest BCUT2D eigenvalue weighted by molar-refractivity contribution is 6.31. The average molecular weight is 306 g/mol. The van der Waals surface area contributed by atoms with Gasteiger partial charge in [-0.25, -0.2) is 4.39 Å². The van der Waals surface area contributed by atoms with Crippen molar-refractivity contribution < 1.29 is 4.39 Å². The minimum Gasteiger partial charge on any atom is -0.314 e. The van der Waals surface area contributed by atoms with E-state index in [1.165, 1.54) is 6.20 Å². The zero-order chi connectivity index (χ0) is 14.7. The fourth-order valence-corrected chi connectivity index (χ4v) is 3.03. The number of rotatable bonds is 3. The molecule has 0 spiro atoms. The third-order valence-electron chi connectivity index (χ3n) is 3.77. The van der Waals surface area contributed by atoms with Crippen LogP contribution in [0.2, 0.25) is 5.02 Å². The van der Waals surface area contributed by atoms with Gasteiger partial charge in [0.15, 0.2) is 0 Å². The van der Waals surface area contributed by atoms with Crippen molar-refractivity contribution in [2.24, 2.45) is 0 Å². The lowest BCUT2D eigenvalue weighted by molar-refractivity contribution is 0.153. The van der Waals surface area contributed by atoms with E-state index < -0.39 is 0 Å². The first kappa shape index (κ1) is 14.4. The monoisotopic (exact) mass is 305 g/mol. The van der Waals surface area contributed by atoms with E-state index in [-0.39, 0.29) is 11.9 Å². The van der Waals surface area contributed by atoms with Crippen LogP contribution in [0.4, 0.5) is 4.39 Å². The minimum atomic E-state index is -0.295. The van der Waals surface area contributed by atoms with Crippen molar-refractivity contribution in [2.75, 3.05) is 19.6 Å². The van der Waals surface area contributed by atoms with Crippen molar-refractivity contribution >= 4 is 11.6 Å². The highest BCUT2D eigenvalue weighted by Gasteiger charge is 2.25. The molecule has 110 valence electrons. The molecule has 1 saturated heterocycles. The van der Waals surface area contributed by atoms with Crippen molar-refractivity contribution in [3.8, 4) is 0 Å². The second-order valence-electron chi connectivity index (χ2n) is 5.22. The Morgan fingerprint density at radius 2 is 2.19 bits per heavy atom. The van der Waals surface area contributed by atoms with Gasteiger partial charge in [0.1, 0.15) is 5.82 Å². The first-order chi connectivity index (χ1) is 10.2. The SMILES string of the molecule is Fc1cncc(CN2CCNCC2c2ccccc2Cl)c1. The number of pyridine rings is 1. The van der Waals surface area contributed by atoms with Gasteiger partial charge in [0.25, 0.3) is 0 Å². The molecule has 21 heavy (non-hydrogen) atoms. The normalized spacial score (nSPS) is 19.6. The summed E-state index contributed by atoms with van der Waals surface area (Å²) in [6.07, 6.45) is 2.95. The van der Waals surface area contributed by atoms with Crippen LogP contribution >= 0.6 is 11.6 Å². The highest BCUT2D eigenvalue weighted by atomic mass is 35.5. The molecule has 2 heterocycles. The van der Waals surface area contributed by atoms with Gasteiger partial charge in [-0.2, -0.15) is 0 Å². The number of benzene rings is 1.